The fraction of sp³-hybridized carbons (Fsp3) is 0.538. The summed E-state index contributed by atoms with van der Waals surface area (Å²) >= 11 is 5.51. The fourth-order valence-electron chi connectivity index (χ4n) is 1.80. The second kappa shape index (κ2) is 5.31. The molecule has 1 heterocycles. The van der Waals surface area contributed by atoms with Crippen molar-refractivity contribution in [3.63, 3.8) is 0 Å². The zero-order chi connectivity index (χ0) is 11.7. The van der Waals surface area contributed by atoms with Crippen LogP contribution in [0.5, 0.6) is 0 Å². The number of thioether (sulfide) groups is 1. The topological polar surface area (TPSA) is 21.3 Å². The van der Waals surface area contributed by atoms with Crippen molar-refractivity contribution in [2.45, 2.75) is 35.6 Å². The van der Waals surface area contributed by atoms with Crippen LogP contribution in [-0.2, 0) is 11.3 Å². The van der Waals surface area contributed by atoms with E-state index in [4.69, 9.17) is 4.74 Å². The summed E-state index contributed by atoms with van der Waals surface area (Å²) in [6.07, 6.45) is 2.68. The van der Waals surface area contributed by atoms with Gasteiger partial charge in [0.2, 0.25) is 0 Å². The van der Waals surface area contributed by atoms with Gasteiger partial charge >= 0.3 is 0 Å². The second-order valence-corrected chi connectivity index (χ2v) is 6.94. The van der Waals surface area contributed by atoms with Crippen LogP contribution in [0.3, 0.4) is 0 Å². The van der Waals surface area contributed by atoms with Gasteiger partial charge in [0.25, 0.3) is 0 Å². The van der Waals surface area contributed by atoms with Crippen LogP contribution in [0.2, 0.25) is 0 Å². The van der Waals surface area contributed by atoms with Crippen LogP contribution in [0.25, 0.3) is 0 Å². The van der Waals surface area contributed by atoms with E-state index in [1.807, 2.05) is 11.8 Å². The van der Waals surface area contributed by atoms with Gasteiger partial charge in [0.05, 0.1) is 18.5 Å². The van der Waals surface area contributed by atoms with Crippen LogP contribution >= 0.6 is 27.7 Å². The first-order chi connectivity index (χ1) is 8.31. The molecule has 1 saturated heterocycles. The maximum atomic E-state index is 5.23. The molecule has 1 aromatic rings. The molecule has 0 amide bonds. The Hall–Kier alpha value is -0.0300. The number of nitrogens with one attached hydrogen (secondary N) is 1. The lowest BCUT2D eigenvalue weighted by atomic mass is 10.2. The van der Waals surface area contributed by atoms with Crippen molar-refractivity contribution >= 4 is 27.7 Å². The zero-order valence-corrected chi connectivity index (χ0v) is 12.0. The molecule has 17 heavy (non-hydrogen) atoms. The van der Waals surface area contributed by atoms with Crippen molar-refractivity contribution in [2.75, 3.05) is 13.2 Å². The van der Waals surface area contributed by atoms with Gasteiger partial charge in [-0.2, -0.15) is 0 Å². The van der Waals surface area contributed by atoms with Gasteiger partial charge in [-0.05, 0) is 36.6 Å². The molecule has 1 saturated carbocycles. The van der Waals surface area contributed by atoms with Gasteiger partial charge in [0, 0.05) is 22.0 Å². The Kier molecular flexibility index (Phi) is 3.75. The third-order valence-electron chi connectivity index (χ3n) is 3.08. The quantitative estimate of drug-likeness (QED) is 0.902. The van der Waals surface area contributed by atoms with E-state index >= 15 is 0 Å². The molecular formula is C13H16BrNOS. The van der Waals surface area contributed by atoms with E-state index < -0.39 is 0 Å². The minimum Gasteiger partial charge on any atom is -0.379 e. The van der Waals surface area contributed by atoms with Crippen molar-refractivity contribution in [1.82, 2.24) is 5.32 Å². The molecule has 3 rings (SSSR count). The van der Waals surface area contributed by atoms with Crippen LogP contribution in [-0.4, -0.2) is 24.5 Å². The minimum absolute atomic E-state index is 0.649. The largest absolute Gasteiger partial charge is 0.379 e. The van der Waals surface area contributed by atoms with Crippen molar-refractivity contribution in [2.24, 2.45) is 0 Å². The highest BCUT2D eigenvalue weighted by molar-refractivity contribution is 9.10. The van der Waals surface area contributed by atoms with E-state index in [1.54, 1.807) is 0 Å². The Morgan fingerprint density at radius 3 is 2.82 bits per heavy atom. The molecule has 1 aliphatic heterocycles. The third-order valence-corrected chi connectivity index (χ3v) is 4.83. The van der Waals surface area contributed by atoms with Crippen LogP contribution in [0.15, 0.2) is 27.6 Å². The SMILES string of the molecule is Brc1ccc(SC2COC2)c(CNC2CC2)c1. The first-order valence-electron chi connectivity index (χ1n) is 6.07. The first kappa shape index (κ1) is 12.0. The highest BCUT2D eigenvalue weighted by atomic mass is 79.9. The minimum atomic E-state index is 0.649. The van der Waals surface area contributed by atoms with Gasteiger partial charge < -0.3 is 10.1 Å². The third kappa shape index (κ3) is 3.25. The van der Waals surface area contributed by atoms with E-state index in [-0.39, 0.29) is 0 Å². The van der Waals surface area contributed by atoms with Crippen molar-refractivity contribution in [1.29, 1.82) is 0 Å². The highest BCUT2D eigenvalue weighted by Crippen LogP contribution is 2.32. The summed E-state index contributed by atoms with van der Waals surface area (Å²) < 4.78 is 6.40. The number of halogens is 1. The van der Waals surface area contributed by atoms with Gasteiger partial charge in [-0.25, -0.2) is 0 Å². The number of rotatable bonds is 5. The lowest BCUT2D eigenvalue weighted by molar-refractivity contribution is 0.0455. The van der Waals surface area contributed by atoms with Crippen molar-refractivity contribution in [3.8, 4) is 0 Å². The van der Waals surface area contributed by atoms with Crippen LogP contribution < -0.4 is 5.32 Å². The average Bonchev–Trinajstić information content (AvgIpc) is 3.06. The van der Waals surface area contributed by atoms with Gasteiger partial charge in [-0.15, -0.1) is 11.8 Å². The number of hydrogen-bond donors (Lipinski definition) is 1. The number of hydrogen-bond acceptors (Lipinski definition) is 3. The van der Waals surface area contributed by atoms with Crippen molar-refractivity contribution in [3.05, 3.63) is 28.2 Å². The Balaban J connectivity index is 1.69. The van der Waals surface area contributed by atoms with E-state index in [2.05, 4.69) is 39.4 Å². The Morgan fingerprint density at radius 1 is 1.35 bits per heavy atom. The van der Waals surface area contributed by atoms with Gasteiger partial charge in [0.15, 0.2) is 0 Å². The monoisotopic (exact) mass is 313 g/mol. The molecule has 1 aliphatic carbocycles. The number of benzene rings is 1. The second-order valence-electron chi connectivity index (χ2n) is 4.68. The molecule has 0 radical (unpaired) electrons. The Morgan fingerprint density at radius 2 is 2.18 bits per heavy atom. The lowest BCUT2D eigenvalue weighted by Gasteiger charge is -2.26. The highest BCUT2D eigenvalue weighted by Gasteiger charge is 2.23. The summed E-state index contributed by atoms with van der Waals surface area (Å²) in [4.78, 5) is 1.40. The summed E-state index contributed by atoms with van der Waals surface area (Å²) in [7, 11) is 0. The molecule has 92 valence electrons. The zero-order valence-electron chi connectivity index (χ0n) is 9.62. The Labute approximate surface area is 115 Å². The summed E-state index contributed by atoms with van der Waals surface area (Å²) in [6.45, 7) is 2.78. The van der Waals surface area contributed by atoms with Crippen LogP contribution in [0.1, 0.15) is 18.4 Å². The molecule has 1 aromatic carbocycles. The van der Waals surface area contributed by atoms with E-state index in [1.165, 1.54) is 27.8 Å². The lowest BCUT2D eigenvalue weighted by Crippen LogP contribution is -2.30. The van der Waals surface area contributed by atoms with E-state index in [0.717, 1.165) is 25.8 Å². The van der Waals surface area contributed by atoms with Gasteiger partial charge in [-0.1, -0.05) is 15.9 Å². The summed E-state index contributed by atoms with van der Waals surface area (Å²) in [5.41, 5.74) is 1.41. The normalized spacial score (nSPS) is 20.3. The smallest absolute Gasteiger partial charge is 0.0611 e. The maximum absolute atomic E-state index is 5.23. The first-order valence-corrected chi connectivity index (χ1v) is 7.75. The van der Waals surface area contributed by atoms with Crippen LogP contribution in [0.4, 0.5) is 0 Å². The van der Waals surface area contributed by atoms with Gasteiger partial charge in [0.1, 0.15) is 0 Å². The Bertz CT molecular complexity index is 404. The molecular weight excluding hydrogens is 298 g/mol. The van der Waals surface area contributed by atoms with E-state index in [0.29, 0.717) is 5.25 Å². The molecule has 2 aliphatic rings. The predicted molar refractivity (Wildman–Crippen MR) is 74.5 cm³/mol. The summed E-state index contributed by atoms with van der Waals surface area (Å²) in [6, 6.07) is 7.34. The molecule has 0 atom stereocenters. The average molecular weight is 314 g/mol. The molecule has 2 fully saturated rings. The molecule has 2 nitrogen and oxygen atoms in total. The molecule has 4 heteroatoms. The molecule has 0 spiro atoms. The molecule has 0 bridgehead atoms. The predicted octanol–water partition coefficient (Wildman–Crippen LogP) is 3.19. The standard InChI is InChI=1S/C13H16BrNOS/c14-10-1-4-13(17-12-7-16-8-12)9(5-10)6-15-11-2-3-11/h1,4-5,11-12,15H,2-3,6-8H2. The maximum Gasteiger partial charge on any atom is 0.0611 e. The number of ether oxygens (including phenoxy) is 1. The van der Waals surface area contributed by atoms with Crippen molar-refractivity contribution < 1.29 is 4.74 Å². The summed E-state index contributed by atoms with van der Waals surface area (Å²) in [5, 5.41) is 4.23. The molecule has 0 unspecified atom stereocenters. The molecule has 0 aromatic heterocycles. The molecule has 1 N–H and O–H groups in total. The van der Waals surface area contributed by atoms with Gasteiger partial charge in [-0.3, -0.25) is 0 Å². The van der Waals surface area contributed by atoms with E-state index in [9.17, 15) is 0 Å². The summed E-state index contributed by atoms with van der Waals surface area (Å²) in [5.74, 6) is 0. The fourth-order valence-corrected chi connectivity index (χ4v) is 3.33. The van der Waals surface area contributed by atoms with Crippen LogP contribution in [0, 0.1) is 0 Å².